The molecule has 0 unspecified atom stereocenters. The van der Waals surface area contributed by atoms with Crippen molar-refractivity contribution in [2.75, 3.05) is 13.1 Å². The first-order chi connectivity index (χ1) is 6.75. The van der Waals surface area contributed by atoms with Gasteiger partial charge >= 0.3 is 0 Å². The highest BCUT2D eigenvalue weighted by molar-refractivity contribution is 5.03. The van der Waals surface area contributed by atoms with E-state index in [2.05, 4.69) is 35.6 Å². The summed E-state index contributed by atoms with van der Waals surface area (Å²) in [6.07, 6.45) is 5.08. The van der Waals surface area contributed by atoms with Crippen LogP contribution >= 0.6 is 0 Å². The van der Waals surface area contributed by atoms with E-state index < -0.39 is 0 Å². The third-order valence-electron chi connectivity index (χ3n) is 2.29. The van der Waals surface area contributed by atoms with Crippen LogP contribution < -0.4 is 5.32 Å². The average Bonchev–Trinajstić information content (AvgIpc) is 2.60. The average molecular weight is 195 g/mol. The van der Waals surface area contributed by atoms with Gasteiger partial charge in [-0.15, -0.1) is 0 Å². The molecular weight excluding hydrogens is 174 g/mol. The predicted octanol–water partition coefficient (Wildman–Crippen LogP) is 2.01. The molecule has 1 heterocycles. The van der Waals surface area contributed by atoms with Crippen LogP contribution in [0.4, 0.5) is 0 Å². The van der Waals surface area contributed by atoms with E-state index in [0.29, 0.717) is 5.92 Å². The van der Waals surface area contributed by atoms with E-state index >= 15 is 0 Å². The quantitative estimate of drug-likeness (QED) is 0.704. The van der Waals surface area contributed by atoms with Gasteiger partial charge in [0.15, 0.2) is 0 Å². The van der Waals surface area contributed by atoms with Crippen molar-refractivity contribution in [1.29, 1.82) is 0 Å². The maximum Gasteiger partial charge on any atom is 0.0948 e. The first-order valence-corrected chi connectivity index (χ1v) is 5.46. The van der Waals surface area contributed by atoms with Crippen LogP contribution in [0.1, 0.15) is 38.8 Å². The molecule has 1 aromatic heterocycles. The predicted molar refractivity (Wildman–Crippen MR) is 59.5 cm³/mol. The maximum absolute atomic E-state index is 4.18. The molecule has 0 saturated heterocycles. The molecule has 0 amide bonds. The van der Waals surface area contributed by atoms with Crippen molar-refractivity contribution in [3.05, 3.63) is 18.2 Å². The largest absolute Gasteiger partial charge is 0.333 e. The molecule has 0 aliphatic carbocycles. The van der Waals surface area contributed by atoms with Gasteiger partial charge in [0.2, 0.25) is 0 Å². The number of hydrogen-bond acceptors (Lipinski definition) is 2. The fourth-order valence-corrected chi connectivity index (χ4v) is 1.50. The van der Waals surface area contributed by atoms with E-state index in [1.165, 1.54) is 12.1 Å². The molecule has 14 heavy (non-hydrogen) atoms. The monoisotopic (exact) mass is 195 g/mol. The highest BCUT2D eigenvalue weighted by Gasteiger charge is 2.04. The van der Waals surface area contributed by atoms with Crippen LogP contribution in [0.2, 0.25) is 0 Å². The van der Waals surface area contributed by atoms with Gasteiger partial charge in [0.25, 0.3) is 0 Å². The van der Waals surface area contributed by atoms with Gasteiger partial charge < -0.3 is 9.88 Å². The Morgan fingerprint density at radius 1 is 1.43 bits per heavy atom. The van der Waals surface area contributed by atoms with E-state index in [1.807, 2.05) is 12.5 Å². The van der Waals surface area contributed by atoms with Crippen LogP contribution in [0.15, 0.2) is 12.5 Å². The third kappa shape index (κ3) is 3.14. The number of imidazole rings is 1. The van der Waals surface area contributed by atoms with Crippen LogP contribution in [-0.2, 0) is 6.54 Å². The molecular formula is C11H21N3. The van der Waals surface area contributed by atoms with Crippen molar-refractivity contribution in [1.82, 2.24) is 14.9 Å². The number of aromatic nitrogens is 2. The smallest absolute Gasteiger partial charge is 0.0948 e. The molecule has 1 aromatic rings. The Morgan fingerprint density at radius 2 is 2.21 bits per heavy atom. The fraction of sp³-hybridized carbons (Fsp3) is 0.727. The van der Waals surface area contributed by atoms with E-state index in [4.69, 9.17) is 0 Å². The lowest BCUT2D eigenvalue weighted by Crippen LogP contribution is -2.21. The lowest BCUT2D eigenvalue weighted by Gasteiger charge is -2.10. The molecule has 0 radical (unpaired) electrons. The minimum absolute atomic E-state index is 0.559. The second-order valence-corrected chi connectivity index (χ2v) is 3.92. The zero-order valence-electron chi connectivity index (χ0n) is 9.45. The molecule has 3 heteroatoms. The molecule has 0 bridgehead atoms. The highest BCUT2D eigenvalue weighted by Crippen LogP contribution is 2.12. The van der Waals surface area contributed by atoms with E-state index in [-0.39, 0.29) is 0 Å². The minimum Gasteiger partial charge on any atom is -0.333 e. The molecule has 0 atom stereocenters. The standard InChI is InChI=1S/C11H21N3/c1-4-5-12-6-7-14-9-13-8-11(14)10(2)3/h8-10,12H,4-7H2,1-3H3. The van der Waals surface area contributed by atoms with Crippen LogP contribution in [0.25, 0.3) is 0 Å². The summed E-state index contributed by atoms with van der Waals surface area (Å²) < 4.78 is 2.23. The molecule has 0 aromatic carbocycles. The van der Waals surface area contributed by atoms with Crippen LogP contribution in [0.5, 0.6) is 0 Å². The fourth-order valence-electron chi connectivity index (χ4n) is 1.50. The molecule has 0 spiro atoms. The Hall–Kier alpha value is -0.830. The Bertz CT molecular complexity index is 253. The van der Waals surface area contributed by atoms with Gasteiger partial charge in [-0.3, -0.25) is 0 Å². The maximum atomic E-state index is 4.18. The first kappa shape index (κ1) is 11.2. The number of rotatable bonds is 6. The molecule has 0 aliphatic rings. The van der Waals surface area contributed by atoms with Crippen molar-refractivity contribution in [2.24, 2.45) is 0 Å². The van der Waals surface area contributed by atoms with Gasteiger partial charge in [0.05, 0.1) is 6.33 Å². The summed E-state index contributed by atoms with van der Waals surface area (Å²) in [6.45, 7) is 9.74. The molecule has 3 nitrogen and oxygen atoms in total. The Kier molecular flexibility index (Phi) is 4.66. The molecule has 1 N–H and O–H groups in total. The van der Waals surface area contributed by atoms with Gasteiger partial charge in [-0.2, -0.15) is 0 Å². The topological polar surface area (TPSA) is 29.9 Å². The summed E-state index contributed by atoms with van der Waals surface area (Å²) in [5.41, 5.74) is 1.32. The summed E-state index contributed by atoms with van der Waals surface area (Å²) in [6, 6.07) is 0. The van der Waals surface area contributed by atoms with Gasteiger partial charge in [-0.05, 0) is 18.9 Å². The van der Waals surface area contributed by atoms with Gasteiger partial charge in [0.1, 0.15) is 0 Å². The van der Waals surface area contributed by atoms with Crippen molar-refractivity contribution in [3.63, 3.8) is 0 Å². The van der Waals surface area contributed by atoms with E-state index in [0.717, 1.165) is 19.6 Å². The second kappa shape index (κ2) is 5.81. The molecule has 0 saturated carbocycles. The van der Waals surface area contributed by atoms with Crippen LogP contribution in [0, 0.1) is 0 Å². The Labute approximate surface area is 86.5 Å². The number of nitrogens with zero attached hydrogens (tertiary/aromatic N) is 2. The Morgan fingerprint density at radius 3 is 2.86 bits per heavy atom. The summed E-state index contributed by atoms with van der Waals surface area (Å²) in [5.74, 6) is 0.559. The van der Waals surface area contributed by atoms with E-state index in [9.17, 15) is 0 Å². The first-order valence-electron chi connectivity index (χ1n) is 5.46. The molecule has 1 rings (SSSR count). The van der Waals surface area contributed by atoms with Gasteiger partial charge in [-0.1, -0.05) is 20.8 Å². The van der Waals surface area contributed by atoms with E-state index in [1.54, 1.807) is 0 Å². The SMILES string of the molecule is CCCNCCn1cncc1C(C)C. The van der Waals surface area contributed by atoms with Gasteiger partial charge in [0, 0.05) is 25.0 Å². The van der Waals surface area contributed by atoms with Crippen molar-refractivity contribution < 1.29 is 0 Å². The third-order valence-corrected chi connectivity index (χ3v) is 2.29. The number of hydrogen-bond donors (Lipinski definition) is 1. The molecule has 0 aliphatic heterocycles. The normalized spacial score (nSPS) is 11.1. The zero-order valence-corrected chi connectivity index (χ0v) is 9.45. The Balaban J connectivity index is 2.38. The lowest BCUT2D eigenvalue weighted by molar-refractivity contribution is 0.569. The summed E-state index contributed by atoms with van der Waals surface area (Å²) in [4.78, 5) is 4.18. The summed E-state index contributed by atoms with van der Waals surface area (Å²) in [5, 5.41) is 3.39. The zero-order chi connectivity index (χ0) is 10.4. The van der Waals surface area contributed by atoms with Crippen molar-refractivity contribution >= 4 is 0 Å². The van der Waals surface area contributed by atoms with Crippen molar-refractivity contribution in [2.45, 2.75) is 39.7 Å². The summed E-state index contributed by atoms with van der Waals surface area (Å²) in [7, 11) is 0. The van der Waals surface area contributed by atoms with Gasteiger partial charge in [-0.25, -0.2) is 4.98 Å². The molecule has 80 valence electrons. The second-order valence-electron chi connectivity index (χ2n) is 3.92. The molecule has 0 fully saturated rings. The minimum atomic E-state index is 0.559. The lowest BCUT2D eigenvalue weighted by atomic mass is 10.1. The van der Waals surface area contributed by atoms with Crippen LogP contribution in [-0.4, -0.2) is 22.6 Å². The number of nitrogens with one attached hydrogen (secondary N) is 1. The summed E-state index contributed by atoms with van der Waals surface area (Å²) >= 11 is 0. The highest BCUT2D eigenvalue weighted by atomic mass is 15.1. The van der Waals surface area contributed by atoms with Crippen LogP contribution in [0.3, 0.4) is 0 Å². The van der Waals surface area contributed by atoms with Crippen molar-refractivity contribution in [3.8, 4) is 0 Å².